The highest BCUT2D eigenvalue weighted by Crippen LogP contribution is 2.16. The van der Waals surface area contributed by atoms with Crippen LogP contribution in [0.15, 0.2) is 0 Å². The highest BCUT2D eigenvalue weighted by molar-refractivity contribution is 5.84. The molecule has 0 aromatic rings. The zero-order valence-corrected chi connectivity index (χ0v) is 11.0. The van der Waals surface area contributed by atoms with Crippen molar-refractivity contribution in [1.82, 2.24) is 9.80 Å². The molecule has 1 heterocycles. The van der Waals surface area contributed by atoms with Gasteiger partial charge in [0.25, 0.3) is 5.91 Å². The van der Waals surface area contributed by atoms with Crippen LogP contribution in [0.5, 0.6) is 0 Å². The lowest BCUT2D eigenvalue weighted by atomic mass is 10.0. The second-order valence-corrected chi connectivity index (χ2v) is 5.50. The van der Waals surface area contributed by atoms with Gasteiger partial charge in [-0.15, -0.1) is 0 Å². The number of amides is 1. The molecule has 1 rings (SSSR count). The van der Waals surface area contributed by atoms with Crippen LogP contribution >= 0.6 is 0 Å². The van der Waals surface area contributed by atoms with E-state index < -0.39 is 5.60 Å². The van der Waals surface area contributed by atoms with Gasteiger partial charge in [0.15, 0.2) is 0 Å². The maximum atomic E-state index is 12.0. The standard InChI is InChI=1S/C12H24N2O2/c1-9(2)13-6-7-14(10(3)8-13)11(15)12(4,5)16/h9-10,16H,6-8H2,1-5H3/t10-/m0/s1. The fraction of sp³-hybridized carbons (Fsp3) is 0.917. The van der Waals surface area contributed by atoms with Gasteiger partial charge >= 0.3 is 0 Å². The molecule has 1 atom stereocenters. The lowest BCUT2D eigenvalue weighted by Crippen LogP contribution is -2.59. The molecule has 0 spiro atoms. The SMILES string of the molecule is CC(C)N1CCN(C(=O)C(C)(C)O)[C@@H](C)C1. The Balaban J connectivity index is 2.64. The third-order valence-corrected chi connectivity index (χ3v) is 3.17. The summed E-state index contributed by atoms with van der Waals surface area (Å²) in [7, 11) is 0. The molecule has 94 valence electrons. The van der Waals surface area contributed by atoms with Gasteiger partial charge in [-0.2, -0.15) is 0 Å². The van der Waals surface area contributed by atoms with Crippen LogP contribution in [0.3, 0.4) is 0 Å². The van der Waals surface area contributed by atoms with Crippen molar-refractivity contribution in [3.8, 4) is 0 Å². The smallest absolute Gasteiger partial charge is 0.254 e. The second kappa shape index (κ2) is 4.72. The lowest BCUT2D eigenvalue weighted by molar-refractivity contribution is -0.152. The van der Waals surface area contributed by atoms with Crippen molar-refractivity contribution in [3.05, 3.63) is 0 Å². The molecule has 0 unspecified atom stereocenters. The Morgan fingerprint density at radius 1 is 1.38 bits per heavy atom. The Hall–Kier alpha value is -0.610. The average Bonchev–Trinajstić information content (AvgIpc) is 2.15. The third-order valence-electron chi connectivity index (χ3n) is 3.17. The molecule has 0 aliphatic carbocycles. The van der Waals surface area contributed by atoms with Gasteiger partial charge in [-0.3, -0.25) is 9.69 Å². The van der Waals surface area contributed by atoms with Crippen molar-refractivity contribution in [3.63, 3.8) is 0 Å². The van der Waals surface area contributed by atoms with Gasteiger partial charge in [-0.1, -0.05) is 0 Å². The molecule has 4 nitrogen and oxygen atoms in total. The second-order valence-electron chi connectivity index (χ2n) is 5.50. The number of rotatable bonds is 2. The van der Waals surface area contributed by atoms with Crippen molar-refractivity contribution in [2.75, 3.05) is 19.6 Å². The number of carbonyl (C=O) groups excluding carboxylic acids is 1. The number of hydrogen-bond acceptors (Lipinski definition) is 3. The Kier molecular flexibility index (Phi) is 3.97. The van der Waals surface area contributed by atoms with Crippen molar-refractivity contribution >= 4 is 5.91 Å². The number of piperazine rings is 1. The van der Waals surface area contributed by atoms with Gasteiger partial charge in [0.2, 0.25) is 0 Å². The molecule has 0 aromatic heterocycles. The number of hydrogen-bond donors (Lipinski definition) is 1. The summed E-state index contributed by atoms with van der Waals surface area (Å²) in [5.74, 6) is -0.164. The summed E-state index contributed by atoms with van der Waals surface area (Å²) in [6.07, 6.45) is 0. The molecule has 0 bridgehead atoms. The summed E-state index contributed by atoms with van der Waals surface area (Å²) in [5.41, 5.74) is -1.26. The zero-order chi connectivity index (χ0) is 12.5. The summed E-state index contributed by atoms with van der Waals surface area (Å²) in [6.45, 7) is 12.0. The van der Waals surface area contributed by atoms with Gasteiger partial charge in [-0.25, -0.2) is 0 Å². The van der Waals surface area contributed by atoms with E-state index in [1.165, 1.54) is 0 Å². The maximum Gasteiger partial charge on any atom is 0.254 e. The first kappa shape index (κ1) is 13.5. The molecular weight excluding hydrogens is 204 g/mol. The molecule has 1 aliphatic heterocycles. The van der Waals surface area contributed by atoms with Crippen LogP contribution in [-0.4, -0.2) is 58.1 Å². The van der Waals surface area contributed by atoms with E-state index in [2.05, 4.69) is 18.7 Å². The predicted octanol–water partition coefficient (Wildman–Crippen LogP) is 0.698. The predicted molar refractivity (Wildman–Crippen MR) is 64.2 cm³/mol. The first-order chi connectivity index (χ1) is 7.23. The molecule has 4 heteroatoms. The summed E-state index contributed by atoms with van der Waals surface area (Å²) in [6, 6.07) is 0.692. The van der Waals surface area contributed by atoms with E-state index in [-0.39, 0.29) is 11.9 Å². The van der Waals surface area contributed by atoms with E-state index in [1.54, 1.807) is 18.7 Å². The Bertz CT molecular complexity index is 258. The van der Waals surface area contributed by atoms with Crippen LogP contribution < -0.4 is 0 Å². The van der Waals surface area contributed by atoms with Crippen molar-refractivity contribution in [2.24, 2.45) is 0 Å². The van der Waals surface area contributed by atoms with E-state index in [4.69, 9.17) is 0 Å². The van der Waals surface area contributed by atoms with Crippen LogP contribution in [0, 0.1) is 0 Å². The van der Waals surface area contributed by atoms with Crippen LogP contribution in [0.4, 0.5) is 0 Å². The Labute approximate surface area is 98.2 Å². The highest BCUT2D eigenvalue weighted by Gasteiger charge is 2.35. The minimum Gasteiger partial charge on any atom is -0.381 e. The van der Waals surface area contributed by atoms with Crippen LogP contribution in [0.2, 0.25) is 0 Å². The van der Waals surface area contributed by atoms with E-state index in [1.807, 2.05) is 6.92 Å². The number of aliphatic hydroxyl groups is 1. The fourth-order valence-corrected chi connectivity index (χ4v) is 2.11. The van der Waals surface area contributed by atoms with Crippen molar-refractivity contribution < 1.29 is 9.90 Å². The van der Waals surface area contributed by atoms with Crippen molar-refractivity contribution in [1.29, 1.82) is 0 Å². The largest absolute Gasteiger partial charge is 0.381 e. The average molecular weight is 228 g/mol. The van der Waals surface area contributed by atoms with Gasteiger partial charge < -0.3 is 10.0 Å². The zero-order valence-electron chi connectivity index (χ0n) is 11.0. The molecule has 0 saturated carbocycles. The maximum absolute atomic E-state index is 12.0. The van der Waals surface area contributed by atoms with Gasteiger partial charge in [0, 0.05) is 31.7 Å². The normalized spacial score (nSPS) is 23.9. The molecular formula is C12H24N2O2. The molecule has 1 aliphatic rings. The molecule has 1 saturated heterocycles. The van der Waals surface area contributed by atoms with Gasteiger partial charge in [0.1, 0.15) is 5.60 Å². The molecule has 1 fully saturated rings. The van der Waals surface area contributed by atoms with E-state index in [9.17, 15) is 9.90 Å². The molecule has 1 N–H and O–H groups in total. The van der Waals surface area contributed by atoms with Gasteiger partial charge in [-0.05, 0) is 34.6 Å². The highest BCUT2D eigenvalue weighted by atomic mass is 16.3. The molecule has 16 heavy (non-hydrogen) atoms. The Morgan fingerprint density at radius 3 is 2.31 bits per heavy atom. The van der Waals surface area contributed by atoms with Crippen LogP contribution in [-0.2, 0) is 4.79 Å². The quantitative estimate of drug-likeness (QED) is 0.756. The summed E-state index contributed by atoms with van der Waals surface area (Å²) >= 11 is 0. The van der Waals surface area contributed by atoms with Crippen molar-refractivity contribution in [2.45, 2.75) is 52.3 Å². The first-order valence-electron chi connectivity index (χ1n) is 6.01. The Morgan fingerprint density at radius 2 is 1.94 bits per heavy atom. The number of nitrogens with zero attached hydrogens (tertiary/aromatic N) is 2. The van der Waals surface area contributed by atoms with Crippen LogP contribution in [0.1, 0.15) is 34.6 Å². The minimum absolute atomic E-state index is 0.164. The summed E-state index contributed by atoms with van der Waals surface area (Å²) in [4.78, 5) is 16.1. The van der Waals surface area contributed by atoms with E-state index >= 15 is 0 Å². The minimum atomic E-state index is -1.26. The van der Waals surface area contributed by atoms with E-state index in [0.29, 0.717) is 12.6 Å². The third kappa shape index (κ3) is 2.95. The summed E-state index contributed by atoms with van der Waals surface area (Å²) in [5, 5.41) is 9.73. The lowest BCUT2D eigenvalue weighted by Gasteiger charge is -2.43. The van der Waals surface area contributed by atoms with E-state index in [0.717, 1.165) is 13.1 Å². The van der Waals surface area contributed by atoms with Gasteiger partial charge in [0.05, 0.1) is 0 Å². The topological polar surface area (TPSA) is 43.8 Å². The monoisotopic (exact) mass is 228 g/mol. The van der Waals surface area contributed by atoms with Crippen LogP contribution in [0.25, 0.3) is 0 Å². The first-order valence-corrected chi connectivity index (χ1v) is 6.01. The molecule has 1 amide bonds. The summed E-state index contributed by atoms with van der Waals surface area (Å²) < 4.78 is 0. The fourth-order valence-electron chi connectivity index (χ4n) is 2.11. The number of carbonyl (C=O) groups is 1. The molecule has 0 aromatic carbocycles. The molecule has 0 radical (unpaired) electrons.